The Hall–Kier alpha value is -4.17. The lowest BCUT2D eigenvalue weighted by Crippen LogP contribution is -2.24. The number of benzene rings is 4. The third kappa shape index (κ3) is 6.04. The molecule has 4 rings (SSSR count). The average Bonchev–Trinajstić information content (AvgIpc) is 2.88. The van der Waals surface area contributed by atoms with Crippen LogP contribution in [-0.2, 0) is 4.79 Å². The highest BCUT2D eigenvalue weighted by molar-refractivity contribution is 9.10. The molecule has 4 aromatic rings. The summed E-state index contributed by atoms with van der Waals surface area (Å²) in [6, 6.07) is 25.4. The Labute approximate surface area is 210 Å². The summed E-state index contributed by atoms with van der Waals surface area (Å²) in [5, 5.41) is 5.93. The van der Waals surface area contributed by atoms with Crippen LogP contribution in [0.2, 0.25) is 0 Å². The predicted molar refractivity (Wildman–Crippen MR) is 137 cm³/mol. The first-order valence-corrected chi connectivity index (χ1v) is 11.4. The maximum atomic E-state index is 12.5. The molecule has 35 heavy (non-hydrogen) atoms. The molecule has 0 fully saturated rings. The van der Waals surface area contributed by atoms with Gasteiger partial charge in [-0.2, -0.15) is 5.10 Å². The minimum Gasteiger partial charge on any atom is -0.493 e. The first kappa shape index (κ1) is 24.0. The number of nitrogens with zero attached hydrogens (tertiary/aromatic N) is 1. The molecule has 0 aliphatic carbocycles. The van der Waals surface area contributed by atoms with Crippen LogP contribution >= 0.6 is 15.9 Å². The van der Waals surface area contributed by atoms with Crippen LogP contribution in [-0.4, -0.2) is 31.8 Å². The molecule has 0 saturated carbocycles. The Bertz CT molecular complexity index is 1400. The highest BCUT2D eigenvalue weighted by Gasteiger charge is 2.15. The van der Waals surface area contributed by atoms with Gasteiger partial charge in [0.2, 0.25) is 0 Å². The summed E-state index contributed by atoms with van der Waals surface area (Å²) in [5.41, 5.74) is 3.47. The van der Waals surface area contributed by atoms with Crippen molar-refractivity contribution in [2.24, 2.45) is 5.10 Å². The second-order valence-corrected chi connectivity index (χ2v) is 8.19. The number of fused-ring (bicyclic) bond motifs is 1. The molecular weight excluding hydrogens is 512 g/mol. The lowest BCUT2D eigenvalue weighted by Gasteiger charge is -2.10. The molecular formula is C27H21BrN2O5. The van der Waals surface area contributed by atoms with Crippen molar-refractivity contribution in [2.45, 2.75) is 0 Å². The van der Waals surface area contributed by atoms with E-state index in [2.05, 4.69) is 26.5 Å². The summed E-state index contributed by atoms with van der Waals surface area (Å²) >= 11 is 3.34. The molecule has 176 valence electrons. The van der Waals surface area contributed by atoms with Crippen LogP contribution < -0.4 is 19.6 Å². The maximum Gasteiger partial charge on any atom is 0.344 e. The fourth-order valence-corrected chi connectivity index (χ4v) is 3.75. The van der Waals surface area contributed by atoms with E-state index in [1.165, 1.54) is 13.3 Å². The zero-order valence-electron chi connectivity index (χ0n) is 18.7. The summed E-state index contributed by atoms with van der Waals surface area (Å²) in [7, 11) is 1.47. The second-order valence-electron chi connectivity index (χ2n) is 7.34. The van der Waals surface area contributed by atoms with E-state index in [0.29, 0.717) is 27.1 Å². The first-order valence-electron chi connectivity index (χ1n) is 10.6. The zero-order valence-corrected chi connectivity index (χ0v) is 20.3. The minimum atomic E-state index is -0.518. The number of hydrogen-bond donors (Lipinski definition) is 1. The van der Waals surface area contributed by atoms with Gasteiger partial charge in [0.15, 0.2) is 18.1 Å². The van der Waals surface area contributed by atoms with E-state index in [1.54, 1.807) is 36.4 Å². The topological polar surface area (TPSA) is 86.2 Å². The number of hydrazone groups is 1. The number of carbonyl (C=O) groups is 2. The van der Waals surface area contributed by atoms with Crippen molar-refractivity contribution in [2.75, 3.05) is 13.7 Å². The number of methoxy groups -OCH3 is 1. The molecule has 7 nitrogen and oxygen atoms in total. The van der Waals surface area contributed by atoms with Crippen molar-refractivity contribution in [3.05, 3.63) is 101 Å². The maximum absolute atomic E-state index is 12.5. The molecule has 0 saturated heterocycles. The Balaban J connectivity index is 1.35. The summed E-state index contributed by atoms with van der Waals surface area (Å²) in [4.78, 5) is 24.6. The van der Waals surface area contributed by atoms with Gasteiger partial charge in [0, 0.05) is 9.86 Å². The number of carbonyl (C=O) groups excluding carboxylic acids is 2. The Morgan fingerprint density at radius 2 is 1.69 bits per heavy atom. The second kappa shape index (κ2) is 11.3. The third-order valence-electron chi connectivity index (χ3n) is 5.00. The smallest absolute Gasteiger partial charge is 0.344 e. The van der Waals surface area contributed by atoms with Gasteiger partial charge in [-0.25, -0.2) is 10.2 Å². The van der Waals surface area contributed by atoms with Crippen molar-refractivity contribution in [3.63, 3.8) is 0 Å². The standard InChI is InChI=1S/C27H21BrN2O5/c1-33-25-15-18(13-14-24(25)35-27(32)21-10-4-5-11-22(21)28)16-29-30-26(31)17-34-23-12-6-8-19-7-2-3-9-20(19)23/h2-16H,17H2,1H3,(H,30,31). The van der Waals surface area contributed by atoms with Gasteiger partial charge in [0.25, 0.3) is 5.91 Å². The van der Waals surface area contributed by atoms with Crippen LogP contribution in [0.1, 0.15) is 15.9 Å². The normalized spacial score (nSPS) is 10.8. The van der Waals surface area contributed by atoms with Crippen molar-refractivity contribution >= 4 is 44.8 Å². The monoisotopic (exact) mass is 532 g/mol. The Morgan fingerprint density at radius 3 is 2.51 bits per heavy atom. The van der Waals surface area contributed by atoms with E-state index >= 15 is 0 Å². The Kier molecular flexibility index (Phi) is 7.74. The van der Waals surface area contributed by atoms with Gasteiger partial charge in [0.1, 0.15) is 5.75 Å². The fourth-order valence-electron chi connectivity index (χ4n) is 3.31. The zero-order chi connectivity index (χ0) is 24.6. The van der Waals surface area contributed by atoms with E-state index in [-0.39, 0.29) is 12.4 Å². The van der Waals surface area contributed by atoms with Crippen molar-refractivity contribution in [3.8, 4) is 17.2 Å². The van der Waals surface area contributed by atoms with E-state index in [1.807, 2.05) is 48.5 Å². The number of rotatable bonds is 8. The molecule has 0 aliphatic heterocycles. The van der Waals surface area contributed by atoms with Crippen molar-refractivity contribution in [1.82, 2.24) is 5.43 Å². The largest absolute Gasteiger partial charge is 0.493 e. The number of esters is 1. The van der Waals surface area contributed by atoms with Crippen LogP contribution in [0.5, 0.6) is 17.2 Å². The molecule has 8 heteroatoms. The predicted octanol–water partition coefficient (Wildman–Crippen LogP) is 5.36. The van der Waals surface area contributed by atoms with Gasteiger partial charge >= 0.3 is 5.97 Å². The van der Waals surface area contributed by atoms with Crippen LogP contribution in [0.4, 0.5) is 0 Å². The van der Waals surface area contributed by atoms with E-state index < -0.39 is 11.9 Å². The number of halogens is 1. The van der Waals surface area contributed by atoms with E-state index in [4.69, 9.17) is 14.2 Å². The molecule has 0 atom stereocenters. The third-order valence-corrected chi connectivity index (χ3v) is 5.69. The molecule has 1 amide bonds. The minimum absolute atomic E-state index is 0.182. The molecule has 0 aliphatic rings. The molecule has 0 bridgehead atoms. The molecule has 0 aromatic heterocycles. The first-order chi connectivity index (χ1) is 17.0. The van der Waals surface area contributed by atoms with Crippen LogP contribution in [0, 0.1) is 0 Å². The van der Waals surface area contributed by atoms with E-state index in [0.717, 1.165) is 10.8 Å². The van der Waals surface area contributed by atoms with Gasteiger partial charge in [0.05, 0.1) is 18.9 Å². The molecule has 1 N–H and O–H groups in total. The fraction of sp³-hybridized carbons (Fsp3) is 0.0741. The lowest BCUT2D eigenvalue weighted by atomic mass is 10.1. The van der Waals surface area contributed by atoms with Gasteiger partial charge < -0.3 is 14.2 Å². The summed E-state index contributed by atoms with van der Waals surface area (Å²) in [6.45, 7) is -0.182. The SMILES string of the molecule is COc1cc(C=NNC(=O)COc2cccc3ccccc23)ccc1OC(=O)c1ccccc1Br. The summed E-state index contributed by atoms with van der Waals surface area (Å²) in [6.07, 6.45) is 1.46. The average molecular weight is 533 g/mol. The highest BCUT2D eigenvalue weighted by atomic mass is 79.9. The number of ether oxygens (including phenoxy) is 3. The van der Waals surface area contributed by atoms with Gasteiger partial charge in [-0.1, -0.05) is 48.5 Å². The Morgan fingerprint density at radius 1 is 0.914 bits per heavy atom. The molecule has 0 unspecified atom stereocenters. The summed E-state index contributed by atoms with van der Waals surface area (Å²) < 4.78 is 17.1. The number of nitrogens with one attached hydrogen (secondary N) is 1. The van der Waals surface area contributed by atoms with Crippen molar-refractivity contribution in [1.29, 1.82) is 0 Å². The molecule has 4 aromatic carbocycles. The van der Waals surface area contributed by atoms with Gasteiger partial charge in [-0.05, 0) is 63.3 Å². The summed E-state index contributed by atoms with van der Waals surface area (Å²) in [5.74, 6) is 0.313. The van der Waals surface area contributed by atoms with Crippen LogP contribution in [0.15, 0.2) is 94.5 Å². The van der Waals surface area contributed by atoms with Crippen molar-refractivity contribution < 1.29 is 23.8 Å². The lowest BCUT2D eigenvalue weighted by molar-refractivity contribution is -0.123. The van der Waals surface area contributed by atoms with E-state index in [9.17, 15) is 9.59 Å². The number of amides is 1. The molecule has 0 spiro atoms. The van der Waals surface area contributed by atoms with Gasteiger partial charge in [-0.15, -0.1) is 0 Å². The van der Waals surface area contributed by atoms with Crippen LogP contribution in [0.3, 0.4) is 0 Å². The van der Waals surface area contributed by atoms with Gasteiger partial charge in [-0.3, -0.25) is 4.79 Å². The van der Waals surface area contributed by atoms with Crippen LogP contribution in [0.25, 0.3) is 10.8 Å². The molecule has 0 radical (unpaired) electrons. The highest BCUT2D eigenvalue weighted by Crippen LogP contribution is 2.29. The quantitative estimate of drug-likeness (QED) is 0.143. The molecule has 0 heterocycles. The number of hydrogen-bond acceptors (Lipinski definition) is 6.